The summed E-state index contributed by atoms with van der Waals surface area (Å²) in [5, 5.41) is 0. The van der Waals surface area contributed by atoms with E-state index in [4.69, 9.17) is 10.5 Å². The Hall–Kier alpha value is -1.22. The standard InChI is InChI=1S/C14H24N2O/c1-3-16(4-2)13-8-7-9-14(12-13)17-11-6-5-10-15/h7-9,12H,3-6,10-11,15H2,1-2H3. The zero-order valence-electron chi connectivity index (χ0n) is 11.0. The number of ether oxygens (including phenoxy) is 1. The molecule has 0 unspecified atom stereocenters. The van der Waals surface area contributed by atoms with Crippen LogP contribution in [0.4, 0.5) is 5.69 Å². The van der Waals surface area contributed by atoms with E-state index < -0.39 is 0 Å². The van der Waals surface area contributed by atoms with E-state index in [1.54, 1.807) is 0 Å². The Morgan fingerprint density at radius 3 is 2.59 bits per heavy atom. The van der Waals surface area contributed by atoms with Gasteiger partial charge in [-0.15, -0.1) is 0 Å². The lowest BCUT2D eigenvalue weighted by molar-refractivity contribution is 0.308. The topological polar surface area (TPSA) is 38.5 Å². The van der Waals surface area contributed by atoms with Gasteiger partial charge in [0.25, 0.3) is 0 Å². The molecule has 0 aliphatic carbocycles. The summed E-state index contributed by atoms with van der Waals surface area (Å²) < 4.78 is 5.71. The van der Waals surface area contributed by atoms with Gasteiger partial charge >= 0.3 is 0 Å². The van der Waals surface area contributed by atoms with Crippen LogP contribution in [0.1, 0.15) is 26.7 Å². The zero-order chi connectivity index (χ0) is 12.5. The second kappa shape index (κ2) is 7.96. The van der Waals surface area contributed by atoms with E-state index in [1.165, 1.54) is 5.69 Å². The predicted octanol–water partition coefficient (Wildman–Crippen LogP) is 2.65. The number of unbranched alkanes of at least 4 members (excludes halogenated alkanes) is 1. The molecule has 0 bridgehead atoms. The minimum Gasteiger partial charge on any atom is -0.494 e. The van der Waals surface area contributed by atoms with Gasteiger partial charge in [0.05, 0.1) is 6.61 Å². The molecule has 0 atom stereocenters. The normalized spacial score (nSPS) is 10.3. The molecule has 0 fully saturated rings. The highest BCUT2D eigenvalue weighted by Crippen LogP contribution is 2.21. The molecule has 1 rings (SSSR count). The maximum Gasteiger partial charge on any atom is 0.121 e. The fourth-order valence-corrected chi connectivity index (χ4v) is 1.80. The van der Waals surface area contributed by atoms with Gasteiger partial charge in [0.2, 0.25) is 0 Å². The number of anilines is 1. The molecule has 2 N–H and O–H groups in total. The van der Waals surface area contributed by atoms with Crippen LogP contribution in [-0.4, -0.2) is 26.2 Å². The van der Waals surface area contributed by atoms with E-state index in [0.717, 1.165) is 44.8 Å². The molecule has 0 saturated heterocycles. The third-order valence-electron chi connectivity index (χ3n) is 2.81. The van der Waals surface area contributed by atoms with E-state index in [1.807, 2.05) is 12.1 Å². The molecular formula is C14H24N2O. The van der Waals surface area contributed by atoms with Crippen molar-refractivity contribution in [1.82, 2.24) is 0 Å². The van der Waals surface area contributed by atoms with Crippen molar-refractivity contribution >= 4 is 5.69 Å². The van der Waals surface area contributed by atoms with Crippen LogP contribution in [0.2, 0.25) is 0 Å². The van der Waals surface area contributed by atoms with Crippen molar-refractivity contribution in [3.63, 3.8) is 0 Å². The molecule has 3 nitrogen and oxygen atoms in total. The van der Waals surface area contributed by atoms with Gasteiger partial charge in [-0.05, 0) is 45.4 Å². The molecule has 0 aliphatic heterocycles. The van der Waals surface area contributed by atoms with E-state index in [0.29, 0.717) is 0 Å². The minimum absolute atomic E-state index is 0.739. The average Bonchev–Trinajstić information content (AvgIpc) is 2.37. The molecule has 0 aliphatic rings. The Morgan fingerprint density at radius 2 is 1.94 bits per heavy atom. The molecule has 0 heterocycles. The van der Waals surface area contributed by atoms with Crippen LogP contribution in [0.5, 0.6) is 5.75 Å². The van der Waals surface area contributed by atoms with Crippen molar-refractivity contribution in [3.8, 4) is 5.75 Å². The zero-order valence-corrected chi connectivity index (χ0v) is 11.0. The summed E-state index contributed by atoms with van der Waals surface area (Å²) >= 11 is 0. The number of rotatable bonds is 8. The highest BCUT2D eigenvalue weighted by molar-refractivity contribution is 5.50. The number of nitrogens with zero attached hydrogens (tertiary/aromatic N) is 1. The first kappa shape index (κ1) is 13.8. The second-order valence-electron chi connectivity index (χ2n) is 4.01. The van der Waals surface area contributed by atoms with Gasteiger partial charge in [-0.2, -0.15) is 0 Å². The van der Waals surface area contributed by atoms with Gasteiger partial charge in [-0.3, -0.25) is 0 Å². The predicted molar refractivity (Wildman–Crippen MR) is 73.8 cm³/mol. The second-order valence-corrected chi connectivity index (χ2v) is 4.01. The maximum atomic E-state index is 5.71. The summed E-state index contributed by atoms with van der Waals surface area (Å²) in [5.41, 5.74) is 6.67. The molecule has 96 valence electrons. The summed E-state index contributed by atoms with van der Waals surface area (Å²) in [7, 11) is 0. The Morgan fingerprint density at radius 1 is 1.18 bits per heavy atom. The molecule has 17 heavy (non-hydrogen) atoms. The average molecular weight is 236 g/mol. The van der Waals surface area contributed by atoms with Crippen molar-refractivity contribution in [2.45, 2.75) is 26.7 Å². The van der Waals surface area contributed by atoms with Crippen LogP contribution >= 0.6 is 0 Å². The Kier molecular flexibility index (Phi) is 6.48. The van der Waals surface area contributed by atoms with E-state index >= 15 is 0 Å². The highest BCUT2D eigenvalue weighted by atomic mass is 16.5. The Bertz CT molecular complexity index is 311. The molecule has 0 radical (unpaired) electrons. The third kappa shape index (κ3) is 4.65. The van der Waals surface area contributed by atoms with Crippen molar-refractivity contribution in [2.75, 3.05) is 31.1 Å². The maximum absolute atomic E-state index is 5.71. The first-order chi connectivity index (χ1) is 8.31. The number of hydrogen-bond acceptors (Lipinski definition) is 3. The van der Waals surface area contributed by atoms with Gasteiger partial charge in [0.15, 0.2) is 0 Å². The summed E-state index contributed by atoms with van der Waals surface area (Å²) in [6, 6.07) is 8.29. The van der Waals surface area contributed by atoms with Crippen LogP contribution < -0.4 is 15.4 Å². The molecule has 0 amide bonds. The van der Waals surface area contributed by atoms with Crippen LogP contribution in [-0.2, 0) is 0 Å². The molecule has 3 heteroatoms. The van der Waals surface area contributed by atoms with E-state index in [2.05, 4.69) is 30.9 Å². The summed E-state index contributed by atoms with van der Waals surface area (Å²) in [5.74, 6) is 0.950. The van der Waals surface area contributed by atoms with Crippen molar-refractivity contribution in [2.24, 2.45) is 5.73 Å². The van der Waals surface area contributed by atoms with Crippen LogP contribution in [0.3, 0.4) is 0 Å². The van der Waals surface area contributed by atoms with Crippen LogP contribution in [0.25, 0.3) is 0 Å². The smallest absolute Gasteiger partial charge is 0.121 e. The van der Waals surface area contributed by atoms with Gasteiger partial charge < -0.3 is 15.4 Å². The minimum atomic E-state index is 0.739. The molecule has 1 aromatic rings. The van der Waals surface area contributed by atoms with Gasteiger partial charge in [0, 0.05) is 24.8 Å². The SMILES string of the molecule is CCN(CC)c1cccc(OCCCCN)c1. The first-order valence-corrected chi connectivity index (χ1v) is 6.49. The summed E-state index contributed by atoms with van der Waals surface area (Å²) in [6.45, 7) is 7.86. The third-order valence-corrected chi connectivity index (χ3v) is 2.81. The Balaban J connectivity index is 2.53. The number of hydrogen-bond donors (Lipinski definition) is 1. The van der Waals surface area contributed by atoms with Gasteiger partial charge in [-0.25, -0.2) is 0 Å². The highest BCUT2D eigenvalue weighted by Gasteiger charge is 2.02. The molecule has 1 aromatic carbocycles. The van der Waals surface area contributed by atoms with Gasteiger partial charge in [0.1, 0.15) is 5.75 Å². The van der Waals surface area contributed by atoms with Crippen molar-refractivity contribution < 1.29 is 4.74 Å². The lowest BCUT2D eigenvalue weighted by Gasteiger charge is -2.21. The van der Waals surface area contributed by atoms with Crippen LogP contribution in [0, 0.1) is 0 Å². The van der Waals surface area contributed by atoms with Gasteiger partial charge in [-0.1, -0.05) is 6.07 Å². The summed E-state index contributed by atoms with van der Waals surface area (Å²) in [6.07, 6.45) is 2.04. The van der Waals surface area contributed by atoms with Crippen molar-refractivity contribution in [1.29, 1.82) is 0 Å². The largest absolute Gasteiger partial charge is 0.494 e. The summed E-state index contributed by atoms with van der Waals surface area (Å²) in [4.78, 5) is 2.31. The fraction of sp³-hybridized carbons (Fsp3) is 0.571. The molecule has 0 saturated carbocycles. The number of nitrogens with two attached hydrogens (primary N) is 1. The quantitative estimate of drug-likeness (QED) is 0.705. The molecule has 0 spiro atoms. The molecular weight excluding hydrogens is 212 g/mol. The van der Waals surface area contributed by atoms with Crippen molar-refractivity contribution in [3.05, 3.63) is 24.3 Å². The van der Waals surface area contributed by atoms with E-state index in [9.17, 15) is 0 Å². The molecule has 0 aromatic heterocycles. The van der Waals surface area contributed by atoms with E-state index in [-0.39, 0.29) is 0 Å². The fourth-order valence-electron chi connectivity index (χ4n) is 1.80. The monoisotopic (exact) mass is 236 g/mol. The lowest BCUT2D eigenvalue weighted by atomic mass is 10.2. The van der Waals surface area contributed by atoms with Crippen LogP contribution in [0.15, 0.2) is 24.3 Å². The number of benzene rings is 1. The Labute approximate surface area is 105 Å². The lowest BCUT2D eigenvalue weighted by Crippen LogP contribution is -2.21. The first-order valence-electron chi connectivity index (χ1n) is 6.49.